The van der Waals surface area contributed by atoms with Gasteiger partial charge in [-0.3, -0.25) is 0 Å². The third-order valence-corrected chi connectivity index (χ3v) is 4.05. The molecule has 0 amide bonds. The number of fused-ring (bicyclic) bond motifs is 1. The van der Waals surface area contributed by atoms with Crippen molar-refractivity contribution in [1.82, 2.24) is 10.2 Å². The minimum Gasteiger partial charge on any atom is -0.338 e. The van der Waals surface area contributed by atoms with Gasteiger partial charge >= 0.3 is 0 Å². The molecule has 0 saturated carbocycles. The smallest absolute Gasteiger partial charge is 0.161 e. The van der Waals surface area contributed by atoms with Gasteiger partial charge < -0.3 is 5.32 Å². The SMILES string of the molecule is Cc1cc(F)c(Br)cc1Nc1nnc(Cl)c2ccccc12. The number of anilines is 2. The van der Waals surface area contributed by atoms with Crippen molar-refractivity contribution in [2.24, 2.45) is 0 Å². The summed E-state index contributed by atoms with van der Waals surface area (Å²) in [6, 6.07) is 10.7. The molecule has 0 radical (unpaired) electrons. The Morgan fingerprint density at radius 3 is 2.62 bits per heavy atom. The molecule has 1 N–H and O–H groups in total. The maximum Gasteiger partial charge on any atom is 0.161 e. The van der Waals surface area contributed by atoms with Crippen LogP contribution >= 0.6 is 27.5 Å². The molecule has 6 heteroatoms. The first-order valence-corrected chi connectivity index (χ1v) is 7.37. The van der Waals surface area contributed by atoms with E-state index in [1.54, 1.807) is 6.07 Å². The monoisotopic (exact) mass is 365 g/mol. The lowest BCUT2D eigenvalue weighted by atomic mass is 10.1. The predicted octanol–water partition coefficient (Wildman–Crippen LogP) is 5.24. The highest BCUT2D eigenvalue weighted by molar-refractivity contribution is 9.10. The highest BCUT2D eigenvalue weighted by Crippen LogP contribution is 2.30. The van der Waals surface area contributed by atoms with Crippen LogP contribution in [0.5, 0.6) is 0 Å². The van der Waals surface area contributed by atoms with Crippen molar-refractivity contribution in [3.05, 3.63) is 57.4 Å². The predicted molar refractivity (Wildman–Crippen MR) is 86.7 cm³/mol. The van der Waals surface area contributed by atoms with E-state index in [1.165, 1.54) is 6.07 Å². The molecule has 1 heterocycles. The van der Waals surface area contributed by atoms with Crippen LogP contribution in [0, 0.1) is 12.7 Å². The molecule has 1 aromatic heterocycles. The molecule has 21 heavy (non-hydrogen) atoms. The van der Waals surface area contributed by atoms with E-state index < -0.39 is 0 Å². The lowest BCUT2D eigenvalue weighted by molar-refractivity contribution is 0.620. The van der Waals surface area contributed by atoms with Crippen LogP contribution in [0.3, 0.4) is 0 Å². The Hall–Kier alpha value is -1.72. The molecule has 0 fully saturated rings. The van der Waals surface area contributed by atoms with Gasteiger partial charge in [-0.15, -0.1) is 10.2 Å². The van der Waals surface area contributed by atoms with Crippen LogP contribution in [0.2, 0.25) is 5.15 Å². The van der Waals surface area contributed by atoms with Gasteiger partial charge in [0.25, 0.3) is 0 Å². The number of hydrogen-bond acceptors (Lipinski definition) is 3. The van der Waals surface area contributed by atoms with Crippen LogP contribution in [-0.2, 0) is 0 Å². The highest BCUT2D eigenvalue weighted by Gasteiger charge is 2.10. The largest absolute Gasteiger partial charge is 0.338 e. The second kappa shape index (κ2) is 5.58. The average Bonchev–Trinajstić information content (AvgIpc) is 2.48. The summed E-state index contributed by atoms with van der Waals surface area (Å²) in [5.74, 6) is 0.279. The van der Waals surface area contributed by atoms with Crippen molar-refractivity contribution in [2.45, 2.75) is 6.92 Å². The second-order valence-corrected chi connectivity index (χ2v) is 5.80. The Morgan fingerprint density at radius 2 is 1.86 bits per heavy atom. The van der Waals surface area contributed by atoms with Crippen molar-refractivity contribution >= 4 is 49.8 Å². The van der Waals surface area contributed by atoms with Gasteiger partial charge in [0.1, 0.15) is 5.82 Å². The van der Waals surface area contributed by atoms with Gasteiger partial charge in [0.15, 0.2) is 11.0 Å². The zero-order valence-corrected chi connectivity index (χ0v) is 13.3. The number of hydrogen-bond donors (Lipinski definition) is 1. The molecule has 0 atom stereocenters. The van der Waals surface area contributed by atoms with E-state index in [9.17, 15) is 4.39 Å². The van der Waals surface area contributed by atoms with Crippen molar-refractivity contribution in [3.63, 3.8) is 0 Å². The molecular weight excluding hydrogens is 357 g/mol. The zero-order chi connectivity index (χ0) is 15.0. The first-order valence-electron chi connectivity index (χ1n) is 6.20. The number of benzene rings is 2. The van der Waals surface area contributed by atoms with E-state index in [4.69, 9.17) is 11.6 Å². The Labute approximate surface area is 134 Å². The standard InChI is InChI=1S/C15H10BrClFN3/c1-8-6-12(18)11(16)7-13(8)19-15-10-5-3-2-4-9(10)14(17)20-21-15/h2-7H,1H3,(H,19,21). The molecule has 2 aromatic carbocycles. The van der Waals surface area contributed by atoms with Crippen molar-refractivity contribution in [2.75, 3.05) is 5.32 Å². The highest BCUT2D eigenvalue weighted by atomic mass is 79.9. The second-order valence-electron chi connectivity index (χ2n) is 4.59. The Bertz CT molecular complexity index is 839. The summed E-state index contributed by atoms with van der Waals surface area (Å²) in [4.78, 5) is 0. The summed E-state index contributed by atoms with van der Waals surface area (Å²) < 4.78 is 13.9. The molecule has 0 unspecified atom stereocenters. The molecule has 3 rings (SSSR count). The fraction of sp³-hybridized carbons (Fsp3) is 0.0667. The summed E-state index contributed by atoms with van der Waals surface area (Å²) in [5.41, 5.74) is 1.53. The van der Waals surface area contributed by atoms with Crippen LogP contribution in [0.25, 0.3) is 10.8 Å². The molecule has 0 bridgehead atoms. The van der Waals surface area contributed by atoms with E-state index >= 15 is 0 Å². The average molecular weight is 367 g/mol. The molecule has 3 nitrogen and oxygen atoms in total. The van der Waals surface area contributed by atoms with Gasteiger partial charge in [-0.05, 0) is 40.5 Å². The lowest BCUT2D eigenvalue weighted by Gasteiger charge is -2.12. The number of aromatic nitrogens is 2. The number of rotatable bonds is 2. The van der Waals surface area contributed by atoms with Crippen LogP contribution in [0.15, 0.2) is 40.9 Å². The van der Waals surface area contributed by atoms with Crippen molar-refractivity contribution in [1.29, 1.82) is 0 Å². The van der Waals surface area contributed by atoms with Crippen LogP contribution in [0.1, 0.15) is 5.56 Å². The Morgan fingerprint density at radius 1 is 1.14 bits per heavy atom. The quantitative estimate of drug-likeness (QED) is 0.674. The lowest BCUT2D eigenvalue weighted by Crippen LogP contribution is -2.00. The molecule has 0 saturated heterocycles. The van der Waals surface area contributed by atoms with Crippen LogP contribution < -0.4 is 5.32 Å². The van der Waals surface area contributed by atoms with Crippen LogP contribution in [-0.4, -0.2) is 10.2 Å². The molecule has 106 valence electrons. The summed E-state index contributed by atoms with van der Waals surface area (Å²) in [7, 11) is 0. The normalized spacial score (nSPS) is 10.9. The maximum atomic E-state index is 13.5. The zero-order valence-electron chi connectivity index (χ0n) is 11.0. The molecular formula is C15H10BrClFN3. The van der Waals surface area contributed by atoms with Gasteiger partial charge in [0.2, 0.25) is 0 Å². The van der Waals surface area contributed by atoms with Crippen molar-refractivity contribution in [3.8, 4) is 0 Å². The van der Waals surface area contributed by atoms with E-state index in [0.717, 1.165) is 22.0 Å². The Kier molecular flexibility index (Phi) is 3.78. The van der Waals surface area contributed by atoms with E-state index in [-0.39, 0.29) is 5.82 Å². The van der Waals surface area contributed by atoms with E-state index in [0.29, 0.717) is 15.4 Å². The minimum atomic E-state index is -0.301. The van der Waals surface area contributed by atoms with E-state index in [1.807, 2.05) is 31.2 Å². The topological polar surface area (TPSA) is 37.8 Å². The third-order valence-electron chi connectivity index (χ3n) is 3.16. The number of nitrogens with one attached hydrogen (secondary N) is 1. The van der Waals surface area contributed by atoms with E-state index in [2.05, 4.69) is 31.4 Å². The van der Waals surface area contributed by atoms with Crippen molar-refractivity contribution < 1.29 is 4.39 Å². The molecule has 0 aliphatic heterocycles. The van der Waals surface area contributed by atoms with Gasteiger partial charge in [-0.2, -0.15) is 0 Å². The first kappa shape index (κ1) is 14.2. The Balaban J connectivity index is 2.11. The minimum absolute atomic E-state index is 0.301. The summed E-state index contributed by atoms with van der Waals surface area (Å²) in [5, 5.41) is 13.2. The summed E-state index contributed by atoms with van der Waals surface area (Å²) >= 11 is 9.23. The molecule has 3 aromatic rings. The molecule has 0 spiro atoms. The van der Waals surface area contributed by atoms with Gasteiger partial charge in [0, 0.05) is 16.5 Å². The van der Waals surface area contributed by atoms with Crippen LogP contribution in [0.4, 0.5) is 15.9 Å². The fourth-order valence-electron chi connectivity index (χ4n) is 2.07. The van der Waals surface area contributed by atoms with Gasteiger partial charge in [0.05, 0.1) is 4.47 Å². The summed E-state index contributed by atoms with van der Waals surface area (Å²) in [6.07, 6.45) is 0. The van der Waals surface area contributed by atoms with Gasteiger partial charge in [-0.1, -0.05) is 35.9 Å². The van der Waals surface area contributed by atoms with Gasteiger partial charge in [-0.25, -0.2) is 4.39 Å². The number of halogens is 3. The third kappa shape index (κ3) is 2.71. The maximum absolute atomic E-state index is 13.5. The fourth-order valence-corrected chi connectivity index (χ4v) is 2.62. The number of aryl methyl sites for hydroxylation is 1. The molecule has 0 aliphatic carbocycles. The molecule has 0 aliphatic rings. The number of nitrogens with zero attached hydrogens (tertiary/aromatic N) is 2. The first-order chi connectivity index (χ1) is 10.1. The summed E-state index contributed by atoms with van der Waals surface area (Å²) in [6.45, 7) is 1.82.